The SMILES string of the molecule is C=CC(C)(C)CC1=NCC(c2ccccc2)O1. The Balaban J connectivity index is 1.98. The van der Waals surface area contributed by atoms with Crippen molar-refractivity contribution in [3.05, 3.63) is 48.6 Å². The zero-order valence-electron chi connectivity index (χ0n) is 10.5. The normalized spacial score (nSPS) is 19.6. The van der Waals surface area contributed by atoms with E-state index >= 15 is 0 Å². The van der Waals surface area contributed by atoms with Crippen LogP contribution in [0.4, 0.5) is 0 Å². The summed E-state index contributed by atoms with van der Waals surface area (Å²) >= 11 is 0. The Hall–Kier alpha value is -1.57. The highest BCUT2D eigenvalue weighted by atomic mass is 16.5. The number of rotatable bonds is 4. The van der Waals surface area contributed by atoms with E-state index < -0.39 is 0 Å². The summed E-state index contributed by atoms with van der Waals surface area (Å²) in [5.74, 6) is 0.851. The molecule has 0 bridgehead atoms. The van der Waals surface area contributed by atoms with Gasteiger partial charge in [-0.3, -0.25) is 4.99 Å². The minimum Gasteiger partial charge on any atom is -0.471 e. The van der Waals surface area contributed by atoms with Crippen molar-refractivity contribution in [3.63, 3.8) is 0 Å². The highest BCUT2D eigenvalue weighted by Crippen LogP contribution is 2.29. The molecule has 1 aromatic rings. The largest absolute Gasteiger partial charge is 0.471 e. The number of ether oxygens (including phenoxy) is 1. The van der Waals surface area contributed by atoms with Gasteiger partial charge in [0.05, 0.1) is 6.54 Å². The van der Waals surface area contributed by atoms with Crippen molar-refractivity contribution >= 4 is 5.90 Å². The summed E-state index contributed by atoms with van der Waals surface area (Å²) in [6.07, 6.45) is 2.86. The molecule has 17 heavy (non-hydrogen) atoms. The van der Waals surface area contributed by atoms with Crippen LogP contribution in [0.25, 0.3) is 0 Å². The fourth-order valence-electron chi connectivity index (χ4n) is 1.82. The van der Waals surface area contributed by atoms with Crippen LogP contribution in [0.5, 0.6) is 0 Å². The third-order valence-corrected chi connectivity index (χ3v) is 3.04. The minimum absolute atomic E-state index is 0.0460. The lowest BCUT2D eigenvalue weighted by Gasteiger charge is -2.20. The lowest BCUT2D eigenvalue weighted by molar-refractivity contribution is 0.217. The molecule has 2 nitrogen and oxygen atoms in total. The van der Waals surface area contributed by atoms with Gasteiger partial charge in [0.25, 0.3) is 0 Å². The molecule has 1 unspecified atom stereocenters. The number of nitrogens with zero attached hydrogens (tertiary/aromatic N) is 1. The summed E-state index contributed by atoms with van der Waals surface area (Å²) in [6, 6.07) is 10.2. The minimum atomic E-state index is 0.0460. The maximum absolute atomic E-state index is 5.89. The first-order valence-electron chi connectivity index (χ1n) is 5.99. The van der Waals surface area contributed by atoms with Gasteiger partial charge in [-0.1, -0.05) is 50.3 Å². The molecule has 0 amide bonds. The molecule has 0 radical (unpaired) electrons. The Morgan fingerprint density at radius 2 is 2.12 bits per heavy atom. The highest BCUT2D eigenvalue weighted by Gasteiger charge is 2.25. The van der Waals surface area contributed by atoms with E-state index in [0.29, 0.717) is 0 Å². The second-order valence-electron chi connectivity index (χ2n) is 5.12. The van der Waals surface area contributed by atoms with E-state index in [1.165, 1.54) is 5.56 Å². The molecule has 2 heteroatoms. The Kier molecular flexibility index (Phi) is 3.32. The van der Waals surface area contributed by atoms with Gasteiger partial charge < -0.3 is 4.74 Å². The Labute approximate surface area is 103 Å². The third kappa shape index (κ3) is 2.96. The van der Waals surface area contributed by atoms with Crippen LogP contribution in [0, 0.1) is 5.41 Å². The van der Waals surface area contributed by atoms with Crippen molar-refractivity contribution in [2.45, 2.75) is 26.4 Å². The molecule has 2 rings (SSSR count). The quantitative estimate of drug-likeness (QED) is 0.720. The molecule has 0 fully saturated rings. The summed E-state index contributed by atoms with van der Waals surface area (Å²) < 4.78 is 5.89. The molecule has 1 aromatic carbocycles. The number of allylic oxidation sites excluding steroid dienone is 1. The van der Waals surface area contributed by atoms with Gasteiger partial charge in [0.15, 0.2) is 5.90 Å². The maximum atomic E-state index is 5.89. The van der Waals surface area contributed by atoms with Gasteiger partial charge >= 0.3 is 0 Å². The first-order chi connectivity index (χ1) is 8.11. The second kappa shape index (κ2) is 4.74. The predicted octanol–water partition coefficient (Wildman–Crippen LogP) is 3.76. The number of hydrogen-bond acceptors (Lipinski definition) is 2. The van der Waals surface area contributed by atoms with Gasteiger partial charge in [-0.15, -0.1) is 6.58 Å². The van der Waals surface area contributed by atoms with Crippen LogP contribution in [0.15, 0.2) is 48.0 Å². The van der Waals surface area contributed by atoms with Crippen LogP contribution in [-0.2, 0) is 4.74 Å². The Morgan fingerprint density at radius 1 is 1.41 bits per heavy atom. The van der Waals surface area contributed by atoms with Crippen LogP contribution in [0.3, 0.4) is 0 Å². The van der Waals surface area contributed by atoms with E-state index in [9.17, 15) is 0 Å². The van der Waals surface area contributed by atoms with Gasteiger partial charge in [0.2, 0.25) is 0 Å². The van der Waals surface area contributed by atoms with Crippen molar-refractivity contribution in [2.24, 2.45) is 10.4 Å². The smallest absolute Gasteiger partial charge is 0.185 e. The summed E-state index contributed by atoms with van der Waals surface area (Å²) in [5, 5.41) is 0. The second-order valence-corrected chi connectivity index (χ2v) is 5.12. The van der Waals surface area contributed by atoms with Crippen molar-refractivity contribution in [2.75, 3.05) is 6.54 Å². The fourth-order valence-corrected chi connectivity index (χ4v) is 1.82. The molecule has 0 aliphatic carbocycles. The first kappa shape index (κ1) is 11.9. The zero-order valence-corrected chi connectivity index (χ0v) is 10.5. The van der Waals surface area contributed by atoms with Crippen molar-refractivity contribution in [1.29, 1.82) is 0 Å². The van der Waals surface area contributed by atoms with Crippen LogP contribution in [0.1, 0.15) is 31.9 Å². The average molecular weight is 229 g/mol. The Morgan fingerprint density at radius 3 is 2.76 bits per heavy atom. The van der Waals surface area contributed by atoms with Crippen molar-refractivity contribution in [3.8, 4) is 0 Å². The molecule has 0 aromatic heterocycles. The topological polar surface area (TPSA) is 21.6 Å². The van der Waals surface area contributed by atoms with Gasteiger partial charge in [-0.05, 0) is 11.0 Å². The Bertz CT molecular complexity index is 420. The van der Waals surface area contributed by atoms with Gasteiger partial charge in [-0.25, -0.2) is 0 Å². The molecule has 0 saturated carbocycles. The summed E-state index contributed by atoms with van der Waals surface area (Å²) in [4.78, 5) is 4.47. The van der Waals surface area contributed by atoms with E-state index in [2.05, 4.69) is 37.6 Å². The van der Waals surface area contributed by atoms with Gasteiger partial charge in [-0.2, -0.15) is 0 Å². The predicted molar refractivity (Wildman–Crippen MR) is 71.2 cm³/mol. The number of aliphatic imine (C=N–C) groups is 1. The standard InChI is InChI=1S/C15H19NO/c1-4-15(2,3)10-14-16-11-13(17-14)12-8-6-5-7-9-12/h4-9,13H,1,10-11H2,2-3H3. The van der Waals surface area contributed by atoms with Gasteiger partial charge in [0.1, 0.15) is 6.10 Å². The molecular weight excluding hydrogens is 210 g/mol. The molecular formula is C15H19NO. The molecule has 1 aliphatic heterocycles. The highest BCUT2D eigenvalue weighted by molar-refractivity contribution is 5.78. The maximum Gasteiger partial charge on any atom is 0.185 e. The lowest BCUT2D eigenvalue weighted by atomic mass is 9.90. The van der Waals surface area contributed by atoms with Gasteiger partial charge in [0, 0.05) is 6.42 Å². The fraction of sp³-hybridized carbons (Fsp3) is 0.400. The molecule has 0 spiro atoms. The molecule has 1 heterocycles. The number of hydrogen-bond donors (Lipinski definition) is 0. The third-order valence-electron chi connectivity index (χ3n) is 3.04. The summed E-state index contributed by atoms with van der Waals surface area (Å²) in [6.45, 7) is 8.85. The number of benzene rings is 1. The summed E-state index contributed by atoms with van der Waals surface area (Å²) in [5.41, 5.74) is 1.24. The van der Waals surface area contributed by atoms with Crippen LogP contribution >= 0.6 is 0 Å². The average Bonchev–Trinajstić information content (AvgIpc) is 2.78. The van der Waals surface area contributed by atoms with Crippen molar-refractivity contribution < 1.29 is 4.74 Å². The molecule has 0 N–H and O–H groups in total. The van der Waals surface area contributed by atoms with E-state index in [0.717, 1.165) is 18.9 Å². The van der Waals surface area contributed by atoms with E-state index in [1.54, 1.807) is 0 Å². The van der Waals surface area contributed by atoms with E-state index in [4.69, 9.17) is 4.74 Å². The van der Waals surface area contributed by atoms with Crippen LogP contribution in [-0.4, -0.2) is 12.4 Å². The van der Waals surface area contributed by atoms with E-state index in [1.807, 2.05) is 24.3 Å². The lowest BCUT2D eigenvalue weighted by Crippen LogP contribution is -2.15. The molecule has 1 atom stereocenters. The monoisotopic (exact) mass is 229 g/mol. The van der Waals surface area contributed by atoms with E-state index in [-0.39, 0.29) is 11.5 Å². The van der Waals surface area contributed by atoms with Crippen LogP contribution < -0.4 is 0 Å². The van der Waals surface area contributed by atoms with Crippen LogP contribution in [0.2, 0.25) is 0 Å². The molecule has 0 saturated heterocycles. The van der Waals surface area contributed by atoms with Crippen molar-refractivity contribution in [1.82, 2.24) is 0 Å². The molecule has 90 valence electrons. The summed E-state index contributed by atoms with van der Waals surface area (Å²) in [7, 11) is 0. The first-order valence-corrected chi connectivity index (χ1v) is 5.99. The zero-order chi connectivity index (χ0) is 12.3. The molecule has 1 aliphatic rings.